The van der Waals surface area contributed by atoms with Gasteiger partial charge in [0, 0.05) is 20.0 Å². The molecule has 1 atom stereocenters. The molecule has 1 N–H and O–H groups in total. The Bertz CT molecular complexity index is 916. The Labute approximate surface area is 183 Å². The fourth-order valence-corrected chi connectivity index (χ4v) is 4.30. The van der Waals surface area contributed by atoms with Crippen molar-refractivity contribution in [3.05, 3.63) is 71.3 Å². The summed E-state index contributed by atoms with van der Waals surface area (Å²) in [6.07, 6.45) is 1.19. The number of ether oxygens (including phenoxy) is 1. The van der Waals surface area contributed by atoms with Crippen molar-refractivity contribution in [2.45, 2.75) is 44.6 Å². The Hall–Kier alpha value is -3.15. The summed E-state index contributed by atoms with van der Waals surface area (Å²) in [4.78, 5) is 39.3. The summed E-state index contributed by atoms with van der Waals surface area (Å²) in [5.74, 6) is -0.474. The van der Waals surface area contributed by atoms with Gasteiger partial charge in [0.15, 0.2) is 0 Å². The molecule has 6 heteroatoms. The predicted molar refractivity (Wildman–Crippen MR) is 118 cm³/mol. The summed E-state index contributed by atoms with van der Waals surface area (Å²) in [6, 6.07) is 17.1. The summed E-state index contributed by atoms with van der Waals surface area (Å²) >= 11 is 0. The van der Waals surface area contributed by atoms with E-state index < -0.39 is 5.41 Å². The molecule has 0 saturated carbocycles. The minimum absolute atomic E-state index is 0.0362. The number of aryl methyl sites for hydroxylation is 1. The molecule has 1 heterocycles. The fourth-order valence-electron chi connectivity index (χ4n) is 4.30. The highest BCUT2D eigenvalue weighted by Crippen LogP contribution is 2.37. The maximum Gasteiger partial charge on any atom is 0.316 e. The van der Waals surface area contributed by atoms with Gasteiger partial charge in [-0.1, -0.05) is 60.2 Å². The van der Waals surface area contributed by atoms with Gasteiger partial charge < -0.3 is 15.0 Å². The minimum atomic E-state index is -0.735. The minimum Gasteiger partial charge on any atom is -0.468 e. The third-order valence-electron chi connectivity index (χ3n) is 6.11. The first-order chi connectivity index (χ1) is 14.9. The number of nitrogens with one attached hydrogen (secondary N) is 1. The first kappa shape index (κ1) is 22.5. The molecule has 31 heavy (non-hydrogen) atoms. The summed E-state index contributed by atoms with van der Waals surface area (Å²) in [5.41, 5.74) is 2.21. The third-order valence-corrected chi connectivity index (χ3v) is 6.11. The molecule has 3 rings (SSSR count). The number of likely N-dealkylation sites (tertiary alicyclic amines) is 1. The van der Waals surface area contributed by atoms with Gasteiger partial charge in [0.05, 0.1) is 25.0 Å². The van der Waals surface area contributed by atoms with Crippen LogP contribution in [0.25, 0.3) is 0 Å². The number of benzene rings is 2. The number of esters is 1. The van der Waals surface area contributed by atoms with Crippen LogP contribution in [0.5, 0.6) is 0 Å². The van der Waals surface area contributed by atoms with E-state index in [-0.39, 0.29) is 30.2 Å². The first-order valence-electron chi connectivity index (χ1n) is 10.6. The molecule has 0 aromatic heterocycles. The molecule has 1 saturated heterocycles. The van der Waals surface area contributed by atoms with Crippen LogP contribution >= 0.6 is 0 Å². The van der Waals surface area contributed by atoms with Crippen LogP contribution in [0.1, 0.15) is 48.9 Å². The molecular weight excluding hydrogens is 392 g/mol. The zero-order chi connectivity index (χ0) is 22.4. The number of rotatable bonds is 6. The molecule has 1 aliphatic rings. The van der Waals surface area contributed by atoms with Crippen molar-refractivity contribution >= 4 is 17.8 Å². The van der Waals surface area contributed by atoms with Crippen LogP contribution in [0.15, 0.2) is 54.6 Å². The van der Waals surface area contributed by atoms with E-state index in [2.05, 4.69) is 5.32 Å². The lowest BCUT2D eigenvalue weighted by atomic mass is 9.72. The van der Waals surface area contributed by atoms with Crippen LogP contribution in [-0.4, -0.2) is 42.9 Å². The monoisotopic (exact) mass is 422 g/mol. The zero-order valence-electron chi connectivity index (χ0n) is 18.4. The molecule has 2 aromatic carbocycles. The average molecular weight is 423 g/mol. The van der Waals surface area contributed by atoms with Crippen LogP contribution in [-0.2, 0) is 24.5 Å². The summed E-state index contributed by atoms with van der Waals surface area (Å²) < 4.78 is 5.13. The maximum absolute atomic E-state index is 13.1. The zero-order valence-corrected chi connectivity index (χ0v) is 18.4. The van der Waals surface area contributed by atoms with Gasteiger partial charge in [0.2, 0.25) is 11.8 Å². The highest BCUT2D eigenvalue weighted by molar-refractivity contribution is 5.84. The van der Waals surface area contributed by atoms with Crippen molar-refractivity contribution in [1.29, 1.82) is 0 Å². The molecule has 0 aliphatic carbocycles. The summed E-state index contributed by atoms with van der Waals surface area (Å²) in [5, 5.41) is 2.89. The lowest BCUT2D eigenvalue weighted by molar-refractivity contribution is -0.151. The van der Waals surface area contributed by atoms with Crippen molar-refractivity contribution < 1.29 is 19.1 Å². The van der Waals surface area contributed by atoms with Crippen molar-refractivity contribution in [1.82, 2.24) is 10.2 Å². The highest BCUT2D eigenvalue weighted by atomic mass is 16.5. The van der Waals surface area contributed by atoms with E-state index in [9.17, 15) is 14.4 Å². The first-order valence-corrected chi connectivity index (χ1v) is 10.6. The van der Waals surface area contributed by atoms with Crippen molar-refractivity contribution in [2.75, 3.05) is 20.2 Å². The van der Waals surface area contributed by atoms with Crippen molar-refractivity contribution in [2.24, 2.45) is 0 Å². The average Bonchev–Trinajstić information content (AvgIpc) is 2.79. The second kappa shape index (κ2) is 9.77. The number of piperidine rings is 1. The van der Waals surface area contributed by atoms with Gasteiger partial charge in [-0.3, -0.25) is 14.4 Å². The maximum atomic E-state index is 13.1. The largest absolute Gasteiger partial charge is 0.468 e. The Kier molecular flexibility index (Phi) is 7.10. The van der Waals surface area contributed by atoms with Gasteiger partial charge in [0.25, 0.3) is 0 Å². The third kappa shape index (κ3) is 5.13. The van der Waals surface area contributed by atoms with Gasteiger partial charge in [-0.25, -0.2) is 0 Å². The summed E-state index contributed by atoms with van der Waals surface area (Å²) in [6.45, 7) is 4.38. The second-order valence-electron chi connectivity index (χ2n) is 8.19. The molecular formula is C25H30N2O4. The van der Waals surface area contributed by atoms with E-state index in [0.717, 1.165) is 16.7 Å². The topological polar surface area (TPSA) is 75.7 Å². The van der Waals surface area contributed by atoms with E-state index in [1.54, 1.807) is 4.90 Å². The number of methoxy groups -OCH3 is 1. The Morgan fingerprint density at radius 1 is 1.03 bits per heavy atom. The van der Waals surface area contributed by atoms with Crippen molar-refractivity contribution in [3.63, 3.8) is 0 Å². The van der Waals surface area contributed by atoms with Gasteiger partial charge in [-0.05, 0) is 30.9 Å². The highest BCUT2D eigenvalue weighted by Gasteiger charge is 2.44. The van der Waals surface area contributed by atoms with E-state index in [1.165, 1.54) is 14.0 Å². The van der Waals surface area contributed by atoms with E-state index in [4.69, 9.17) is 4.74 Å². The van der Waals surface area contributed by atoms with Crippen LogP contribution in [0.3, 0.4) is 0 Å². The molecule has 0 bridgehead atoms. The number of amides is 2. The SMILES string of the molecule is COC(=O)C1(c2ccccc2)CCN(C(=O)CC(NC(C)=O)c2ccc(C)cc2)CC1. The number of carbonyl (C=O) groups excluding carboxylic acids is 3. The number of hydrogen-bond donors (Lipinski definition) is 1. The molecule has 2 aromatic rings. The molecule has 0 spiro atoms. The van der Waals surface area contributed by atoms with E-state index in [0.29, 0.717) is 25.9 Å². The van der Waals surface area contributed by atoms with E-state index in [1.807, 2.05) is 61.5 Å². The van der Waals surface area contributed by atoms with Gasteiger partial charge in [0.1, 0.15) is 0 Å². The van der Waals surface area contributed by atoms with Crippen molar-refractivity contribution in [3.8, 4) is 0 Å². The standard InChI is InChI=1S/C25H30N2O4/c1-18-9-11-20(12-10-18)22(26-19(2)28)17-23(29)27-15-13-25(14-16-27,24(30)31-3)21-7-5-4-6-8-21/h4-12,22H,13-17H2,1-3H3,(H,26,28). The molecule has 1 fully saturated rings. The molecule has 6 nitrogen and oxygen atoms in total. The second-order valence-corrected chi connectivity index (χ2v) is 8.19. The summed E-state index contributed by atoms with van der Waals surface area (Å²) in [7, 11) is 1.41. The van der Waals surface area contributed by atoms with Gasteiger partial charge >= 0.3 is 5.97 Å². The smallest absolute Gasteiger partial charge is 0.316 e. The Morgan fingerprint density at radius 2 is 1.65 bits per heavy atom. The Balaban J connectivity index is 1.72. The number of nitrogens with zero attached hydrogens (tertiary/aromatic N) is 1. The van der Waals surface area contributed by atoms with Crippen LogP contribution in [0.4, 0.5) is 0 Å². The Morgan fingerprint density at radius 3 is 2.19 bits per heavy atom. The predicted octanol–water partition coefficient (Wildman–Crippen LogP) is 3.30. The van der Waals surface area contributed by atoms with Crippen LogP contribution in [0, 0.1) is 6.92 Å². The fraction of sp³-hybridized carbons (Fsp3) is 0.400. The number of carbonyl (C=O) groups is 3. The molecule has 1 aliphatic heterocycles. The quantitative estimate of drug-likeness (QED) is 0.725. The van der Waals surface area contributed by atoms with E-state index >= 15 is 0 Å². The van der Waals surface area contributed by atoms with Gasteiger partial charge in [-0.15, -0.1) is 0 Å². The molecule has 1 unspecified atom stereocenters. The molecule has 2 amide bonds. The normalized spacial score (nSPS) is 16.3. The van der Waals surface area contributed by atoms with Gasteiger partial charge in [-0.2, -0.15) is 0 Å². The molecule has 164 valence electrons. The van der Waals surface area contributed by atoms with Crippen LogP contribution in [0.2, 0.25) is 0 Å². The molecule has 0 radical (unpaired) electrons. The lowest BCUT2D eigenvalue weighted by Crippen LogP contribution is -2.50. The lowest BCUT2D eigenvalue weighted by Gasteiger charge is -2.40. The van der Waals surface area contributed by atoms with Crippen LogP contribution < -0.4 is 5.32 Å². The number of hydrogen-bond acceptors (Lipinski definition) is 4.